The van der Waals surface area contributed by atoms with Crippen LogP contribution in [0.3, 0.4) is 0 Å². The van der Waals surface area contributed by atoms with Gasteiger partial charge in [0.1, 0.15) is 5.60 Å². The fourth-order valence-electron chi connectivity index (χ4n) is 2.06. The van der Waals surface area contributed by atoms with Gasteiger partial charge in [-0.05, 0) is 38.5 Å². The first-order valence-electron chi connectivity index (χ1n) is 8.41. The highest BCUT2D eigenvalue weighted by Crippen LogP contribution is 2.27. The quantitative estimate of drug-likeness (QED) is 0.234. The summed E-state index contributed by atoms with van der Waals surface area (Å²) in [5.41, 5.74) is 0.520. The van der Waals surface area contributed by atoms with Crippen LogP contribution in [-0.2, 0) is 11.3 Å². The van der Waals surface area contributed by atoms with Gasteiger partial charge in [0.2, 0.25) is 0 Å². The van der Waals surface area contributed by atoms with E-state index >= 15 is 0 Å². The summed E-state index contributed by atoms with van der Waals surface area (Å²) in [4.78, 5) is 15.7. The maximum absolute atomic E-state index is 11.6. The second-order valence-corrected chi connectivity index (χ2v) is 6.47. The van der Waals surface area contributed by atoms with Crippen molar-refractivity contribution < 1.29 is 19.0 Å². The van der Waals surface area contributed by atoms with Gasteiger partial charge in [-0.15, -0.1) is 24.0 Å². The molecule has 0 aliphatic carbocycles. The van der Waals surface area contributed by atoms with E-state index < -0.39 is 11.7 Å². The van der Waals surface area contributed by atoms with Crippen LogP contribution in [-0.4, -0.2) is 52.0 Å². The molecule has 0 aromatic heterocycles. The second kappa shape index (κ2) is 12.5. The lowest BCUT2D eigenvalue weighted by atomic mass is 10.2. The molecule has 0 fully saturated rings. The van der Waals surface area contributed by atoms with E-state index in [-0.39, 0.29) is 24.0 Å². The fourth-order valence-corrected chi connectivity index (χ4v) is 2.06. The van der Waals surface area contributed by atoms with Crippen molar-refractivity contribution in [2.75, 3.05) is 34.4 Å². The van der Waals surface area contributed by atoms with Gasteiger partial charge >= 0.3 is 6.09 Å². The van der Waals surface area contributed by atoms with Crippen LogP contribution in [0.15, 0.2) is 23.2 Å². The molecule has 3 N–H and O–H groups in total. The van der Waals surface area contributed by atoms with E-state index in [9.17, 15) is 4.79 Å². The number of carbonyl (C=O) groups excluding carboxylic acids is 1. The Morgan fingerprint density at radius 2 is 1.67 bits per heavy atom. The summed E-state index contributed by atoms with van der Waals surface area (Å²) in [6, 6.07) is 5.71. The highest BCUT2D eigenvalue weighted by Gasteiger charge is 2.15. The molecule has 0 saturated heterocycles. The number of halogens is 1. The smallest absolute Gasteiger partial charge is 0.407 e. The van der Waals surface area contributed by atoms with E-state index in [1.807, 2.05) is 39.0 Å². The molecule has 0 aliphatic rings. The van der Waals surface area contributed by atoms with E-state index in [0.29, 0.717) is 37.1 Å². The minimum Gasteiger partial charge on any atom is -0.493 e. The van der Waals surface area contributed by atoms with Crippen molar-refractivity contribution >= 4 is 36.0 Å². The summed E-state index contributed by atoms with van der Waals surface area (Å²) in [5.74, 6) is 1.99. The zero-order chi connectivity index (χ0) is 19.6. The van der Waals surface area contributed by atoms with Crippen LogP contribution in [0.2, 0.25) is 0 Å². The lowest BCUT2D eigenvalue weighted by Gasteiger charge is -2.20. The Hall–Kier alpha value is -1.91. The summed E-state index contributed by atoms with van der Waals surface area (Å²) in [5, 5.41) is 9.00. The average Bonchev–Trinajstić information content (AvgIpc) is 2.59. The molecule has 9 heteroatoms. The summed E-state index contributed by atoms with van der Waals surface area (Å²) in [7, 11) is 4.89. The van der Waals surface area contributed by atoms with Gasteiger partial charge in [-0.1, -0.05) is 6.07 Å². The predicted octanol–water partition coefficient (Wildman–Crippen LogP) is 2.51. The number of guanidine groups is 1. The Morgan fingerprint density at radius 3 is 2.22 bits per heavy atom. The molecule has 0 unspecified atom stereocenters. The van der Waals surface area contributed by atoms with Crippen LogP contribution in [0, 0.1) is 0 Å². The molecule has 8 nitrogen and oxygen atoms in total. The van der Waals surface area contributed by atoms with Gasteiger partial charge in [-0.25, -0.2) is 4.79 Å². The molecule has 1 amide bonds. The number of nitrogens with zero attached hydrogens (tertiary/aromatic N) is 1. The summed E-state index contributed by atoms with van der Waals surface area (Å²) in [6.45, 7) is 6.98. The number of carbonyl (C=O) groups is 1. The topological polar surface area (TPSA) is 93.2 Å². The number of hydrogen-bond acceptors (Lipinski definition) is 5. The monoisotopic (exact) mass is 494 g/mol. The maximum Gasteiger partial charge on any atom is 0.407 e. The Kier molecular flexibility index (Phi) is 11.6. The predicted molar refractivity (Wildman–Crippen MR) is 117 cm³/mol. The molecular weight excluding hydrogens is 463 g/mol. The van der Waals surface area contributed by atoms with Gasteiger partial charge < -0.3 is 30.2 Å². The van der Waals surface area contributed by atoms with Crippen LogP contribution in [0.5, 0.6) is 11.5 Å². The van der Waals surface area contributed by atoms with E-state index in [1.165, 1.54) is 0 Å². The van der Waals surface area contributed by atoms with E-state index in [0.717, 1.165) is 5.56 Å². The van der Waals surface area contributed by atoms with E-state index in [4.69, 9.17) is 14.2 Å². The first-order chi connectivity index (χ1) is 12.3. The number of aliphatic imine (C=N–C) groups is 1. The van der Waals surface area contributed by atoms with Crippen molar-refractivity contribution in [2.45, 2.75) is 32.9 Å². The number of hydrogen-bond donors (Lipinski definition) is 3. The average molecular weight is 494 g/mol. The van der Waals surface area contributed by atoms with Crippen molar-refractivity contribution in [1.29, 1.82) is 0 Å². The third kappa shape index (κ3) is 10.1. The molecule has 1 aromatic carbocycles. The highest BCUT2D eigenvalue weighted by molar-refractivity contribution is 14.0. The highest BCUT2D eigenvalue weighted by atomic mass is 127. The van der Waals surface area contributed by atoms with Crippen molar-refractivity contribution in [3.8, 4) is 11.5 Å². The van der Waals surface area contributed by atoms with Gasteiger partial charge in [0.05, 0.1) is 14.2 Å². The van der Waals surface area contributed by atoms with Crippen LogP contribution < -0.4 is 25.4 Å². The first-order valence-corrected chi connectivity index (χ1v) is 8.41. The van der Waals surface area contributed by atoms with Crippen molar-refractivity contribution in [1.82, 2.24) is 16.0 Å². The molecule has 0 atom stereocenters. The largest absolute Gasteiger partial charge is 0.493 e. The molecule has 0 radical (unpaired) electrons. The number of nitrogens with one attached hydrogen (secondary N) is 3. The van der Waals surface area contributed by atoms with Crippen molar-refractivity contribution in [3.63, 3.8) is 0 Å². The molecule has 0 aliphatic heterocycles. The summed E-state index contributed by atoms with van der Waals surface area (Å²) in [6.07, 6.45) is -0.437. The molecule has 1 aromatic rings. The molecule has 154 valence electrons. The molecule has 0 bridgehead atoms. The van der Waals surface area contributed by atoms with Gasteiger partial charge in [0, 0.05) is 26.7 Å². The maximum atomic E-state index is 11.6. The number of methoxy groups -OCH3 is 2. The third-order valence-electron chi connectivity index (χ3n) is 3.22. The van der Waals surface area contributed by atoms with Crippen LogP contribution >= 0.6 is 24.0 Å². The summed E-state index contributed by atoms with van der Waals surface area (Å²) < 4.78 is 15.7. The second-order valence-electron chi connectivity index (χ2n) is 6.47. The lowest BCUT2D eigenvalue weighted by molar-refractivity contribution is 0.0529. The van der Waals surface area contributed by atoms with Crippen molar-refractivity contribution in [3.05, 3.63) is 23.8 Å². The number of rotatable bonds is 7. The van der Waals surface area contributed by atoms with E-state index in [2.05, 4.69) is 20.9 Å². The van der Waals surface area contributed by atoms with Crippen LogP contribution in [0.4, 0.5) is 4.79 Å². The Bertz CT molecular complexity index is 618. The zero-order valence-electron chi connectivity index (χ0n) is 16.8. The minimum atomic E-state index is -0.505. The van der Waals surface area contributed by atoms with Gasteiger partial charge in [-0.2, -0.15) is 0 Å². The third-order valence-corrected chi connectivity index (χ3v) is 3.22. The zero-order valence-corrected chi connectivity index (χ0v) is 19.2. The number of amides is 1. The normalized spacial score (nSPS) is 11.1. The SMILES string of the molecule is CN=C(NCCNC(=O)OC(C)(C)C)NCc1ccc(OC)c(OC)c1.I. The molecule has 27 heavy (non-hydrogen) atoms. The van der Waals surface area contributed by atoms with Gasteiger partial charge in [-0.3, -0.25) is 4.99 Å². The standard InChI is InChI=1S/C18H30N4O4.HI/c1-18(2,3)26-17(23)21-10-9-20-16(19-4)22-12-13-7-8-14(24-5)15(11-13)25-6;/h7-8,11H,9-10,12H2,1-6H3,(H,21,23)(H2,19,20,22);1H. The molecule has 0 spiro atoms. The summed E-state index contributed by atoms with van der Waals surface area (Å²) >= 11 is 0. The Morgan fingerprint density at radius 1 is 1.04 bits per heavy atom. The molecule has 0 heterocycles. The minimum absolute atomic E-state index is 0. The Balaban J connectivity index is 0.00000676. The lowest BCUT2D eigenvalue weighted by Crippen LogP contribution is -2.42. The number of benzene rings is 1. The number of alkyl carbamates (subject to hydrolysis) is 1. The van der Waals surface area contributed by atoms with Gasteiger partial charge in [0.15, 0.2) is 17.5 Å². The number of ether oxygens (including phenoxy) is 3. The fraction of sp³-hybridized carbons (Fsp3) is 0.556. The van der Waals surface area contributed by atoms with Crippen LogP contribution in [0.25, 0.3) is 0 Å². The molecule has 1 rings (SSSR count). The molecule has 0 saturated carbocycles. The van der Waals surface area contributed by atoms with Gasteiger partial charge in [0.25, 0.3) is 0 Å². The Labute approximate surface area is 178 Å². The van der Waals surface area contributed by atoms with Crippen LogP contribution in [0.1, 0.15) is 26.3 Å². The molecular formula is C18H31IN4O4. The first kappa shape index (κ1) is 25.1. The van der Waals surface area contributed by atoms with Crippen molar-refractivity contribution in [2.24, 2.45) is 4.99 Å². The van der Waals surface area contributed by atoms with E-state index in [1.54, 1.807) is 21.3 Å².